The Hall–Kier alpha value is -6.90. The standard InChI is InChI=1S/C53H37NO/c1-53(2)48-19-11-10-18-44(48)45-28-24-39(32-49(45)53)46-31-38-14-8-9-17-43(38)52-51(46)47-33-42(27-29-50(47)55-52)54(40-15-4-3-5-16-40)41-25-22-35(23-26-41)37-21-20-34-12-6-7-13-36(34)30-37/h3-33H,1-2H3. The van der Waals surface area contributed by atoms with Crippen molar-refractivity contribution in [3.63, 3.8) is 0 Å². The predicted octanol–water partition coefficient (Wildman–Crippen LogP) is 15.0. The lowest BCUT2D eigenvalue weighted by molar-refractivity contribution is 0.660. The van der Waals surface area contributed by atoms with Crippen molar-refractivity contribution < 1.29 is 4.42 Å². The Morgan fingerprint density at radius 1 is 0.400 bits per heavy atom. The van der Waals surface area contributed by atoms with Crippen molar-refractivity contribution in [1.82, 2.24) is 0 Å². The quantitative estimate of drug-likeness (QED) is 0.177. The van der Waals surface area contributed by atoms with Gasteiger partial charge in [-0.2, -0.15) is 0 Å². The van der Waals surface area contributed by atoms with Crippen LogP contribution in [0.3, 0.4) is 0 Å². The molecule has 1 aromatic heterocycles. The van der Waals surface area contributed by atoms with Crippen LogP contribution in [0.4, 0.5) is 17.1 Å². The minimum atomic E-state index is -0.0937. The summed E-state index contributed by atoms with van der Waals surface area (Å²) < 4.78 is 6.84. The van der Waals surface area contributed by atoms with Gasteiger partial charge in [0.25, 0.3) is 0 Å². The van der Waals surface area contributed by atoms with E-state index in [0.29, 0.717) is 0 Å². The molecular weight excluding hydrogens is 667 g/mol. The number of nitrogens with zero attached hydrogens (tertiary/aromatic N) is 1. The summed E-state index contributed by atoms with van der Waals surface area (Å²) in [5.74, 6) is 0. The van der Waals surface area contributed by atoms with E-state index >= 15 is 0 Å². The molecule has 2 nitrogen and oxygen atoms in total. The maximum Gasteiger partial charge on any atom is 0.143 e. The molecule has 0 radical (unpaired) electrons. The molecule has 0 atom stereocenters. The van der Waals surface area contributed by atoms with E-state index in [2.05, 4.69) is 207 Å². The van der Waals surface area contributed by atoms with Crippen LogP contribution in [-0.2, 0) is 5.41 Å². The van der Waals surface area contributed by atoms with E-state index in [1.807, 2.05) is 0 Å². The van der Waals surface area contributed by atoms with Crippen LogP contribution in [0.15, 0.2) is 192 Å². The van der Waals surface area contributed by atoms with Crippen molar-refractivity contribution in [1.29, 1.82) is 0 Å². The molecule has 0 unspecified atom stereocenters. The first-order chi connectivity index (χ1) is 27.0. The molecule has 10 aromatic rings. The van der Waals surface area contributed by atoms with Crippen LogP contribution in [-0.4, -0.2) is 0 Å². The molecule has 0 N–H and O–H groups in total. The fourth-order valence-corrected chi connectivity index (χ4v) is 9.03. The topological polar surface area (TPSA) is 16.4 Å². The highest BCUT2D eigenvalue weighted by atomic mass is 16.3. The number of furan rings is 1. The molecule has 1 aliphatic carbocycles. The maximum absolute atomic E-state index is 6.84. The zero-order valence-electron chi connectivity index (χ0n) is 30.8. The molecule has 55 heavy (non-hydrogen) atoms. The molecule has 0 spiro atoms. The molecular formula is C53H37NO. The molecule has 11 rings (SSSR count). The average molecular weight is 704 g/mol. The van der Waals surface area contributed by atoms with Gasteiger partial charge in [0.05, 0.1) is 0 Å². The molecule has 9 aromatic carbocycles. The van der Waals surface area contributed by atoms with Gasteiger partial charge in [0.1, 0.15) is 11.2 Å². The Bertz CT molecular complexity index is 3110. The predicted molar refractivity (Wildman–Crippen MR) is 232 cm³/mol. The third-order valence-electron chi connectivity index (χ3n) is 11.8. The fourth-order valence-electron chi connectivity index (χ4n) is 9.03. The Morgan fingerprint density at radius 2 is 1.05 bits per heavy atom. The SMILES string of the molecule is CC1(C)c2ccccc2-c2ccc(-c3cc4ccccc4c4oc5ccc(N(c6ccccc6)c6ccc(-c7ccc8ccccc8c7)cc6)cc5c34)cc21. The second-order valence-electron chi connectivity index (χ2n) is 15.3. The van der Waals surface area contributed by atoms with Gasteiger partial charge in [-0.3, -0.25) is 0 Å². The summed E-state index contributed by atoms with van der Waals surface area (Å²) in [5, 5.41) is 7.04. The number of rotatable bonds is 5. The molecule has 1 aliphatic rings. The summed E-state index contributed by atoms with van der Waals surface area (Å²) >= 11 is 0. The van der Waals surface area contributed by atoms with E-state index in [-0.39, 0.29) is 5.41 Å². The van der Waals surface area contributed by atoms with Crippen LogP contribution in [0.25, 0.3) is 76.9 Å². The molecule has 0 saturated carbocycles. The third-order valence-corrected chi connectivity index (χ3v) is 11.8. The van der Waals surface area contributed by atoms with Crippen LogP contribution in [0.2, 0.25) is 0 Å². The number of hydrogen-bond acceptors (Lipinski definition) is 2. The van der Waals surface area contributed by atoms with Gasteiger partial charge in [-0.05, 0) is 121 Å². The lowest BCUT2D eigenvalue weighted by Gasteiger charge is -2.25. The summed E-state index contributed by atoms with van der Waals surface area (Å²) in [7, 11) is 0. The van der Waals surface area contributed by atoms with Crippen molar-refractivity contribution in [3.8, 4) is 33.4 Å². The first-order valence-corrected chi connectivity index (χ1v) is 19.1. The van der Waals surface area contributed by atoms with Gasteiger partial charge < -0.3 is 9.32 Å². The van der Waals surface area contributed by atoms with Crippen molar-refractivity contribution in [2.24, 2.45) is 0 Å². The smallest absolute Gasteiger partial charge is 0.143 e. The molecule has 260 valence electrons. The molecule has 1 heterocycles. The highest BCUT2D eigenvalue weighted by Gasteiger charge is 2.35. The van der Waals surface area contributed by atoms with Crippen LogP contribution in [0, 0.1) is 0 Å². The largest absolute Gasteiger partial charge is 0.455 e. The Morgan fingerprint density at radius 3 is 1.91 bits per heavy atom. The highest BCUT2D eigenvalue weighted by Crippen LogP contribution is 2.51. The fraction of sp³-hybridized carbons (Fsp3) is 0.0566. The van der Waals surface area contributed by atoms with E-state index in [1.54, 1.807) is 0 Å². The van der Waals surface area contributed by atoms with Crippen LogP contribution in [0.5, 0.6) is 0 Å². The van der Waals surface area contributed by atoms with E-state index < -0.39 is 0 Å². The Labute approximate surface area is 320 Å². The van der Waals surface area contributed by atoms with Crippen LogP contribution in [0.1, 0.15) is 25.0 Å². The van der Waals surface area contributed by atoms with E-state index in [1.165, 1.54) is 60.7 Å². The summed E-state index contributed by atoms with van der Waals surface area (Å²) in [5.41, 5.74) is 15.2. The van der Waals surface area contributed by atoms with Gasteiger partial charge in [0.15, 0.2) is 0 Å². The molecule has 2 heteroatoms. The summed E-state index contributed by atoms with van der Waals surface area (Å²) in [6.45, 7) is 4.70. The van der Waals surface area contributed by atoms with E-state index in [4.69, 9.17) is 4.42 Å². The summed E-state index contributed by atoms with van der Waals surface area (Å²) in [4.78, 5) is 2.35. The van der Waals surface area contributed by atoms with Gasteiger partial charge in [-0.15, -0.1) is 0 Å². The molecule has 0 bridgehead atoms. The normalized spacial score (nSPS) is 13.1. The number of benzene rings is 9. The van der Waals surface area contributed by atoms with Crippen molar-refractivity contribution in [3.05, 3.63) is 199 Å². The molecule has 0 fully saturated rings. The maximum atomic E-state index is 6.84. The van der Waals surface area contributed by atoms with E-state index in [9.17, 15) is 0 Å². The number of hydrogen-bond donors (Lipinski definition) is 0. The van der Waals surface area contributed by atoms with Crippen molar-refractivity contribution >= 4 is 60.5 Å². The zero-order valence-corrected chi connectivity index (χ0v) is 30.8. The number of anilines is 3. The third kappa shape index (κ3) is 4.95. The minimum absolute atomic E-state index is 0.0937. The summed E-state index contributed by atoms with van der Waals surface area (Å²) in [6, 6.07) is 68.3. The first kappa shape index (κ1) is 31.6. The lowest BCUT2D eigenvalue weighted by Crippen LogP contribution is -2.14. The average Bonchev–Trinajstić information content (AvgIpc) is 3.73. The molecule has 0 amide bonds. The Balaban J connectivity index is 1.09. The van der Waals surface area contributed by atoms with E-state index in [0.717, 1.165) is 44.4 Å². The second kappa shape index (κ2) is 12.1. The van der Waals surface area contributed by atoms with Crippen molar-refractivity contribution in [2.45, 2.75) is 19.3 Å². The summed E-state index contributed by atoms with van der Waals surface area (Å²) in [6.07, 6.45) is 0. The minimum Gasteiger partial charge on any atom is -0.455 e. The van der Waals surface area contributed by atoms with Crippen LogP contribution < -0.4 is 4.90 Å². The first-order valence-electron chi connectivity index (χ1n) is 19.1. The lowest BCUT2D eigenvalue weighted by atomic mass is 9.81. The molecule has 0 aliphatic heterocycles. The monoisotopic (exact) mass is 703 g/mol. The molecule has 0 saturated heterocycles. The van der Waals surface area contributed by atoms with Gasteiger partial charge in [-0.1, -0.05) is 141 Å². The van der Waals surface area contributed by atoms with Gasteiger partial charge in [0.2, 0.25) is 0 Å². The zero-order chi connectivity index (χ0) is 36.7. The van der Waals surface area contributed by atoms with Gasteiger partial charge >= 0.3 is 0 Å². The Kier molecular flexibility index (Phi) is 6.93. The van der Waals surface area contributed by atoms with Gasteiger partial charge in [0, 0.05) is 38.6 Å². The number of para-hydroxylation sites is 1. The van der Waals surface area contributed by atoms with Gasteiger partial charge in [-0.25, -0.2) is 0 Å². The highest BCUT2D eigenvalue weighted by molar-refractivity contribution is 6.21. The van der Waals surface area contributed by atoms with Crippen LogP contribution >= 0.6 is 0 Å². The van der Waals surface area contributed by atoms with Crippen molar-refractivity contribution in [2.75, 3.05) is 4.90 Å². The second-order valence-corrected chi connectivity index (χ2v) is 15.3. The number of fused-ring (bicyclic) bond motifs is 9.